The van der Waals surface area contributed by atoms with Gasteiger partial charge in [0.1, 0.15) is 6.61 Å². The van der Waals surface area contributed by atoms with Crippen LogP contribution in [-0.4, -0.2) is 30.3 Å². The summed E-state index contributed by atoms with van der Waals surface area (Å²) in [6.07, 6.45) is -0.281. The number of hydrogen-bond acceptors (Lipinski definition) is 5. The topological polar surface area (TPSA) is 84.7 Å². The molecule has 0 bridgehead atoms. The Bertz CT molecular complexity index is 999. The fourth-order valence-electron chi connectivity index (χ4n) is 2.87. The minimum Gasteiger partial charge on any atom is -0.447 e. The molecule has 2 heterocycles. The largest absolute Gasteiger partial charge is 0.447 e. The quantitative estimate of drug-likeness (QED) is 0.699. The Kier molecular flexibility index (Phi) is 4.99. The smallest absolute Gasteiger partial charge is 0.414 e. The molecule has 8 heteroatoms. The van der Waals surface area contributed by atoms with Crippen molar-refractivity contribution in [3.05, 3.63) is 65.3 Å². The maximum absolute atomic E-state index is 12.3. The number of aromatic nitrogens is 1. The SMILES string of the molecule is O=C(Cc1cc(-c2ccc(Cl)cc2)on1)Nc1ccc(N2CCOC2=O)cc1. The minimum atomic E-state index is -0.362. The number of cyclic esters (lactones) is 1. The second-order valence-electron chi connectivity index (χ2n) is 6.23. The van der Waals surface area contributed by atoms with Gasteiger partial charge < -0.3 is 14.6 Å². The predicted octanol–water partition coefficient (Wildman–Crippen LogP) is 4.13. The molecular weight excluding hydrogens is 382 g/mol. The van der Waals surface area contributed by atoms with Crippen LogP contribution in [0, 0.1) is 0 Å². The maximum Gasteiger partial charge on any atom is 0.414 e. The van der Waals surface area contributed by atoms with Crippen molar-refractivity contribution in [2.24, 2.45) is 0 Å². The zero-order valence-corrected chi connectivity index (χ0v) is 15.5. The summed E-state index contributed by atoms with van der Waals surface area (Å²) in [6.45, 7) is 0.902. The van der Waals surface area contributed by atoms with Gasteiger partial charge in [-0.15, -0.1) is 0 Å². The van der Waals surface area contributed by atoms with E-state index in [9.17, 15) is 9.59 Å². The number of hydrogen-bond donors (Lipinski definition) is 1. The standard InChI is InChI=1S/C20H16ClN3O4/c21-14-3-1-13(2-4-14)18-11-16(23-28-18)12-19(25)22-15-5-7-17(8-6-15)24-9-10-27-20(24)26/h1-8,11H,9-10,12H2,(H,22,25). The molecular formula is C20H16ClN3O4. The number of halogens is 1. The van der Waals surface area contributed by atoms with Crippen LogP contribution in [-0.2, 0) is 16.0 Å². The number of benzene rings is 2. The van der Waals surface area contributed by atoms with Crippen LogP contribution < -0.4 is 10.2 Å². The molecule has 1 N–H and O–H groups in total. The summed E-state index contributed by atoms with van der Waals surface area (Å²) < 4.78 is 10.2. The molecule has 0 saturated carbocycles. The Hall–Kier alpha value is -3.32. The van der Waals surface area contributed by atoms with E-state index in [0.717, 1.165) is 11.3 Å². The van der Waals surface area contributed by atoms with Gasteiger partial charge in [-0.1, -0.05) is 16.8 Å². The van der Waals surface area contributed by atoms with Gasteiger partial charge in [0.25, 0.3) is 0 Å². The second-order valence-corrected chi connectivity index (χ2v) is 6.66. The summed E-state index contributed by atoms with van der Waals surface area (Å²) >= 11 is 5.88. The van der Waals surface area contributed by atoms with E-state index in [1.807, 2.05) is 12.1 Å². The average molecular weight is 398 g/mol. The number of carbonyl (C=O) groups is 2. The molecule has 4 rings (SSSR count). The van der Waals surface area contributed by atoms with Crippen molar-refractivity contribution < 1.29 is 18.8 Å². The first-order chi connectivity index (χ1) is 13.6. The van der Waals surface area contributed by atoms with Crippen LogP contribution in [0.3, 0.4) is 0 Å². The van der Waals surface area contributed by atoms with Crippen LogP contribution in [0.15, 0.2) is 59.1 Å². The number of anilines is 2. The lowest BCUT2D eigenvalue weighted by atomic mass is 10.1. The van der Waals surface area contributed by atoms with Crippen molar-refractivity contribution in [3.63, 3.8) is 0 Å². The molecule has 0 unspecified atom stereocenters. The first-order valence-corrected chi connectivity index (χ1v) is 9.02. The summed E-state index contributed by atoms with van der Waals surface area (Å²) in [7, 11) is 0. The molecule has 3 aromatic rings. The summed E-state index contributed by atoms with van der Waals surface area (Å²) in [5, 5.41) is 7.38. The molecule has 0 spiro atoms. The van der Waals surface area contributed by atoms with Crippen LogP contribution >= 0.6 is 11.6 Å². The number of nitrogens with one attached hydrogen (secondary N) is 1. The van der Waals surface area contributed by atoms with E-state index in [2.05, 4.69) is 10.5 Å². The molecule has 28 heavy (non-hydrogen) atoms. The average Bonchev–Trinajstić information content (AvgIpc) is 3.32. The van der Waals surface area contributed by atoms with Crippen molar-refractivity contribution >= 4 is 35.0 Å². The number of rotatable bonds is 5. The lowest BCUT2D eigenvalue weighted by Gasteiger charge is -2.13. The lowest BCUT2D eigenvalue weighted by Crippen LogP contribution is -2.23. The Morgan fingerprint density at radius 1 is 1.14 bits per heavy atom. The monoisotopic (exact) mass is 397 g/mol. The van der Waals surface area contributed by atoms with E-state index < -0.39 is 0 Å². The van der Waals surface area contributed by atoms with Gasteiger partial charge >= 0.3 is 6.09 Å². The molecule has 7 nitrogen and oxygen atoms in total. The second kappa shape index (κ2) is 7.74. The molecule has 0 atom stereocenters. The zero-order chi connectivity index (χ0) is 19.5. The van der Waals surface area contributed by atoms with Gasteiger partial charge in [0.15, 0.2) is 5.76 Å². The van der Waals surface area contributed by atoms with Crippen LogP contribution in [0.2, 0.25) is 5.02 Å². The van der Waals surface area contributed by atoms with E-state index in [4.69, 9.17) is 20.9 Å². The molecule has 142 valence electrons. The molecule has 1 saturated heterocycles. The van der Waals surface area contributed by atoms with E-state index in [1.54, 1.807) is 47.4 Å². The van der Waals surface area contributed by atoms with Crippen molar-refractivity contribution in [2.75, 3.05) is 23.4 Å². The zero-order valence-electron chi connectivity index (χ0n) is 14.7. The first-order valence-electron chi connectivity index (χ1n) is 8.64. The van der Waals surface area contributed by atoms with Crippen molar-refractivity contribution in [1.29, 1.82) is 0 Å². The van der Waals surface area contributed by atoms with Gasteiger partial charge in [0.2, 0.25) is 5.91 Å². The molecule has 1 aliphatic heterocycles. The number of ether oxygens (including phenoxy) is 1. The molecule has 1 aliphatic rings. The molecule has 0 aliphatic carbocycles. The van der Waals surface area contributed by atoms with Gasteiger partial charge in [-0.05, 0) is 48.5 Å². The lowest BCUT2D eigenvalue weighted by molar-refractivity contribution is -0.115. The predicted molar refractivity (Wildman–Crippen MR) is 104 cm³/mol. The Morgan fingerprint density at radius 2 is 1.89 bits per heavy atom. The highest BCUT2D eigenvalue weighted by Crippen LogP contribution is 2.23. The number of amides is 2. The van der Waals surface area contributed by atoms with E-state index >= 15 is 0 Å². The molecule has 0 radical (unpaired) electrons. The van der Waals surface area contributed by atoms with Crippen LogP contribution in [0.25, 0.3) is 11.3 Å². The first kappa shape index (κ1) is 18.1. The van der Waals surface area contributed by atoms with Crippen LogP contribution in [0.4, 0.5) is 16.2 Å². The molecule has 1 fully saturated rings. The Morgan fingerprint density at radius 3 is 2.57 bits per heavy atom. The van der Waals surface area contributed by atoms with Crippen molar-refractivity contribution in [2.45, 2.75) is 6.42 Å². The van der Waals surface area contributed by atoms with Crippen LogP contribution in [0.1, 0.15) is 5.69 Å². The Balaban J connectivity index is 1.37. The highest BCUT2D eigenvalue weighted by molar-refractivity contribution is 6.30. The Labute approximate surface area is 165 Å². The fraction of sp³-hybridized carbons (Fsp3) is 0.150. The van der Waals surface area contributed by atoms with Crippen LogP contribution in [0.5, 0.6) is 0 Å². The fourth-order valence-corrected chi connectivity index (χ4v) is 2.99. The van der Waals surface area contributed by atoms with Crippen molar-refractivity contribution in [1.82, 2.24) is 5.16 Å². The highest BCUT2D eigenvalue weighted by atomic mass is 35.5. The summed E-state index contributed by atoms with van der Waals surface area (Å²) in [4.78, 5) is 25.4. The summed E-state index contributed by atoms with van der Waals surface area (Å²) in [5.41, 5.74) is 2.71. The third-order valence-corrected chi connectivity index (χ3v) is 4.50. The highest BCUT2D eigenvalue weighted by Gasteiger charge is 2.23. The summed E-state index contributed by atoms with van der Waals surface area (Å²) in [5.74, 6) is 0.352. The molecule has 2 amide bonds. The molecule has 1 aromatic heterocycles. The van der Waals surface area contributed by atoms with Gasteiger partial charge in [-0.25, -0.2) is 4.79 Å². The number of nitrogens with zero attached hydrogens (tertiary/aromatic N) is 2. The van der Waals surface area contributed by atoms with E-state index in [0.29, 0.717) is 35.3 Å². The normalized spacial score (nSPS) is 13.5. The van der Waals surface area contributed by atoms with E-state index in [1.165, 1.54) is 0 Å². The van der Waals surface area contributed by atoms with Gasteiger partial charge in [-0.3, -0.25) is 9.69 Å². The minimum absolute atomic E-state index is 0.0806. The molecule has 2 aromatic carbocycles. The van der Waals surface area contributed by atoms with E-state index in [-0.39, 0.29) is 18.4 Å². The third kappa shape index (κ3) is 3.99. The van der Waals surface area contributed by atoms with Gasteiger partial charge in [0, 0.05) is 28.0 Å². The number of carbonyl (C=O) groups excluding carboxylic acids is 2. The van der Waals surface area contributed by atoms with Crippen molar-refractivity contribution in [3.8, 4) is 11.3 Å². The van der Waals surface area contributed by atoms with Gasteiger partial charge in [-0.2, -0.15) is 0 Å². The van der Waals surface area contributed by atoms with Gasteiger partial charge in [0.05, 0.1) is 18.7 Å². The maximum atomic E-state index is 12.3. The third-order valence-electron chi connectivity index (χ3n) is 4.25. The summed E-state index contributed by atoms with van der Waals surface area (Å²) in [6, 6.07) is 15.9.